The van der Waals surface area contributed by atoms with Crippen LogP contribution < -0.4 is 15.1 Å². The van der Waals surface area contributed by atoms with Crippen LogP contribution in [0.2, 0.25) is 0 Å². The molecule has 3 rings (SSSR count). The van der Waals surface area contributed by atoms with Crippen LogP contribution >= 0.6 is 11.3 Å². The Balaban J connectivity index is 1.84. The lowest BCUT2D eigenvalue weighted by Gasteiger charge is -2.18. The number of nitrogens with zero attached hydrogens (tertiary/aromatic N) is 2. The van der Waals surface area contributed by atoms with E-state index in [4.69, 9.17) is 4.74 Å². The van der Waals surface area contributed by atoms with E-state index in [1.165, 1.54) is 11.3 Å². The quantitative estimate of drug-likeness (QED) is 0.626. The van der Waals surface area contributed by atoms with E-state index in [1.54, 1.807) is 6.92 Å². The van der Waals surface area contributed by atoms with Crippen molar-refractivity contribution >= 4 is 28.2 Å². The van der Waals surface area contributed by atoms with Crippen LogP contribution in [0.15, 0.2) is 10.7 Å². The predicted octanol–water partition coefficient (Wildman–Crippen LogP) is 1.04. The molecule has 2 heterocycles. The average molecular weight is 365 g/mol. The third-order valence-corrected chi connectivity index (χ3v) is 5.21. The van der Waals surface area contributed by atoms with E-state index >= 15 is 0 Å². The van der Waals surface area contributed by atoms with E-state index in [2.05, 4.69) is 22.0 Å². The van der Waals surface area contributed by atoms with Gasteiger partial charge in [-0.15, -0.1) is 11.3 Å². The molecule has 0 bridgehead atoms. The van der Waals surface area contributed by atoms with E-state index in [-0.39, 0.29) is 13.2 Å². The number of anilines is 1. The number of carbonyl (C=O) groups excluding carboxylic acids is 2. The molecular weight excluding hydrogens is 346 g/mol. The third-order valence-electron chi connectivity index (χ3n) is 4.04. The van der Waals surface area contributed by atoms with Crippen LogP contribution in [0.1, 0.15) is 41.1 Å². The second-order valence-corrected chi connectivity index (χ2v) is 7.15. The van der Waals surface area contributed by atoms with Crippen LogP contribution in [0.5, 0.6) is 5.95 Å². The normalized spacial score (nSPS) is 16.3. The first-order chi connectivity index (χ1) is 12.0. The Morgan fingerprint density at radius 3 is 3.04 bits per heavy atom. The largest absolute Gasteiger partial charge is 0.539 e. The summed E-state index contributed by atoms with van der Waals surface area (Å²) < 4.78 is 10.7. The number of thiophene rings is 1. The fourth-order valence-electron chi connectivity index (χ4n) is 2.91. The summed E-state index contributed by atoms with van der Waals surface area (Å²) in [6.45, 7) is 4.02. The van der Waals surface area contributed by atoms with Crippen molar-refractivity contribution in [2.45, 2.75) is 39.7 Å². The van der Waals surface area contributed by atoms with Gasteiger partial charge in [0.1, 0.15) is 10.9 Å². The van der Waals surface area contributed by atoms with E-state index in [0.717, 1.165) is 40.6 Å². The van der Waals surface area contributed by atoms with Crippen LogP contribution in [0.25, 0.3) is 0 Å². The molecule has 134 valence electrons. The number of carbonyl (C=O) groups is 2. The summed E-state index contributed by atoms with van der Waals surface area (Å²) in [5.74, 6) is -0.886. The molecule has 0 fully saturated rings. The molecule has 0 aliphatic heterocycles. The predicted molar refractivity (Wildman–Crippen MR) is 86.2 cm³/mol. The fourth-order valence-corrected chi connectivity index (χ4v) is 4.32. The molecule has 25 heavy (non-hydrogen) atoms. The molecule has 1 aliphatic carbocycles. The van der Waals surface area contributed by atoms with Crippen molar-refractivity contribution in [1.82, 2.24) is 5.27 Å². The SMILES string of the molecule is CCOC(=O)c1c(NC(=O)C[n+]2cc([O-])on2)sc2c1CCC(C)C2. The number of hydrogen-bond donors (Lipinski definition) is 1. The Labute approximate surface area is 148 Å². The number of ether oxygens (including phenoxy) is 1. The molecule has 1 unspecified atom stereocenters. The zero-order valence-corrected chi connectivity index (χ0v) is 14.9. The molecule has 1 atom stereocenters. The minimum atomic E-state index is -0.624. The number of esters is 1. The van der Waals surface area contributed by atoms with Gasteiger partial charge in [0.25, 0.3) is 12.5 Å². The smallest absolute Gasteiger partial charge is 0.341 e. The second kappa shape index (κ2) is 7.22. The highest BCUT2D eigenvalue weighted by atomic mass is 32.1. The van der Waals surface area contributed by atoms with Gasteiger partial charge in [0.15, 0.2) is 0 Å². The van der Waals surface area contributed by atoms with Gasteiger partial charge in [-0.25, -0.2) is 4.79 Å². The minimum absolute atomic E-state index is 0.174. The topological polar surface area (TPSA) is 108 Å². The Kier molecular flexibility index (Phi) is 5.03. The van der Waals surface area contributed by atoms with Crippen LogP contribution in [0.4, 0.5) is 5.00 Å². The zero-order chi connectivity index (χ0) is 18.0. The molecule has 0 radical (unpaired) electrons. The Morgan fingerprint density at radius 1 is 1.56 bits per heavy atom. The van der Waals surface area contributed by atoms with Crippen molar-refractivity contribution in [3.63, 3.8) is 0 Å². The number of amides is 1. The summed E-state index contributed by atoms with van der Waals surface area (Å²) in [6, 6.07) is 0. The number of nitrogens with one attached hydrogen (secondary N) is 1. The lowest BCUT2D eigenvalue weighted by Crippen LogP contribution is -2.41. The van der Waals surface area contributed by atoms with Gasteiger partial charge in [0.2, 0.25) is 6.20 Å². The van der Waals surface area contributed by atoms with Crippen molar-refractivity contribution < 1.29 is 28.6 Å². The molecule has 2 aromatic rings. The lowest BCUT2D eigenvalue weighted by atomic mass is 9.88. The number of aromatic nitrogens is 2. The monoisotopic (exact) mass is 365 g/mol. The highest BCUT2D eigenvalue weighted by Crippen LogP contribution is 2.40. The molecule has 1 N–H and O–H groups in total. The number of rotatable bonds is 5. The van der Waals surface area contributed by atoms with Gasteiger partial charge in [-0.05, 0) is 37.7 Å². The van der Waals surface area contributed by atoms with Gasteiger partial charge in [0.05, 0.1) is 17.4 Å². The Hall–Kier alpha value is -2.42. The summed E-state index contributed by atoms with van der Waals surface area (Å²) in [5, 5.41) is 17.7. The van der Waals surface area contributed by atoms with Crippen molar-refractivity contribution in [2.75, 3.05) is 11.9 Å². The van der Waals surface area contributed by atoms with Crippen molar-refractivity contribution in [3.8, 4) is 5.95 Å². The highest BCUT2D eigenvalue weighted by molar-refractivity contribution is 7.17. The maximum absolute atomic E-state index is 12.4. The first kappa shape index (κ1) is 17.4. The summed E-state index contributed by atoms with van der Waals surface area (Å²) in [7, 11) is 0. The van der Waals surface area contributed by atoms with Gasteiger partial charge in [-0.1, -0.05) is 11.6 Å². The molecule has 0 spiro atoms. The van der Waals surface area contributed by atoms with Gasteiger partial charge < -0.3 is 19.7 Å². The number of fused-ring (bicyclic) bond motifs is 1. The third kappa shape index (κ3) is 3.81. The fraction of sp³-hybridized carbons (Fsp3) is 0.500. The highest BCUT2D eigenvalue weighted by Gasteiger charge is 2.29. The standard InChI is InChI=1S/C16H19N3O5S/c1-3-23-16(22)14-10-5-4-9(2)6-11(10)25-15(14)17-12(20)7-19-8-13(21)24-18-19/h8-9H,3-7H2,1-2H3,(H-,17,18,20,21,22). The lowest BCUT2D eigenvalue weighted by molar-refractivity contribution is -0.750. The molecule has 0 saturated carbocycles. The summed E-state index contributed by atoms with van der Waals surface area (Å²) in [6.07, 6.45) is 3.78. The van der Waals surface area contributed by atoms with Gasteiger partial charge in [-0.2, -0.15) is 0 Å². The number of hydrogen-bond acceptors (Lipinski definition) is 7. The van der Waals surface area contributed by atoms with E-state index in [0.29, 0.717) is 16.5 Å². The molecule has 8 nitrogen and oxygen atoms in total. The molecule has 0 aromatic carbocycles. The molecule has 0 saturated heterocycles. The van der Waals surface area contributed by atoms with Crippen LogP contribution in [-0.4, -0.2) is 23.8 Å². The summed E-state index contributed by atoms with van der Waals surface area (Å²) >= 11 is 1.42. The van der Waals surface area contributed by atoms with Crippen LogP contribution in [0, 0.1) is 5.92 Å². The van der Waals surface area contributed by atoms with Gasteiger partial charge in [0, 0.05) is 4.88 Å². The van der Waals surface area contributed by atoms with E-state index in [9.17, 15) is 14.7 Å². The summed E-state index contributed by atoms with van der Waals surface area (Å²) in [5.41, 5.74) is 1.43. The van der Waals surface area contributed by atoms with Crippen LogP contribution in [0.3, 0.4) is 0 Å². The van der Waals surface area contributed by atoms with Crippen molar-refractivity contribution in [2.24, 2.45) is 5.92 Å². The molecule has 2 aromatic heterocycles. The summed E-state index contributed by atoms with van der Waals surface area (Å²) in [4.78, 5) is 25.7. The van der Waals surface area contributed by atoms with Crippen molar-refractivity contribution in [3.05, 3.63) is 22.2 Å². The maximum atomic E-state index is 12.4. The van der Waals surface area contributed by atoms with Gasteiger partial charge >= 0.3 is 5.97 Å². The average Bonchev–Trinajstić information content (AvgIpc) is 3.09. The molecule has 1 amide bonds. The van der Waals surface area contributed by atoms with Gasteiger partial charge in [-0.3, -0.25) is 4.79 Å². The maximum Gasteiger partial charge on any atom is 0.341 e. The first-order valence-corrected chi connectivity index (χ1v) is 8.94. The Morgan fingerprint density at radius 2 is 2.36 bits per heavy atom. The molecule has 1 aliphatic rings. The minimum Gasteiger partial charge on any atom is -0.539 e. The second-order valence-electron chi connectivity index (χ2n) is 6.04. The van der Waals surface area contributed by atoms with Crippen molar-refractivity contribution in [1.29, 1.82) is 0 Å². The molecule has 9 heteroatoms. The first-order valence-electron chi connectivity index (χ1n) is 8.12. The van der Waals surface area contributed by atoms with Crippen LogP contribution in [-0.2, 0) is 28.9 Å². The van der Waals surface area contributed by atoms with E-state index < -0.39 is 17.8 Å². The Bertz CT molecular complexity index is 798. The van der Waals surface area contributed by atoms with E-state index in [1.807, 2.05) is 0 Å². The molecular formula is C16H19N3O5S. The zero-order valence-electron chi connectivity index (χ0n) is 14.0.